The summed E-state index contributed by atoms with van der Waals surface area (Å²) in [6.45, 7) is 9.33. The Kier molecular flexibility index (Phi) is 16.1. The molecule has 0 spiro atoms. The lowest BCUT2D eigenvalue weighted by atomic mass is 9.81. The van der Waals surface area contributed by atoms with Crippen LogP contribution in [0, 0.1) is 23.7 Å². The van der Waals surface area contributed by atoms with Crippen molar-refractivity contribution in [2.24, 2.45) is 23.7 Å². The molecule has 5 amide bonds. The molecule has 10 heterocycles. The molecule has 24 heteroatoms. The van der Waals surface area contributed by atoms with Gasteiger partial charge in [-0.05, 0) is 82.9 Å². The summed E-state index contributed by atoms with van der Waals surface area (Å²) in [5.74, 6) is 0.987. The number of fused-ring (bicyclic) bond motifs is 6. The van der Waals surface area contributed by atoms with Crippen molar-refractivity contribution >= 4 is 75.3 Å². The zero-order valence-corrected chi connectivity index (χ0v) is 48.4. The second kappa shape index (κ2) is 23.4. The van der Waals surface area contributed by atoms with Crippen molar-refractivity contribution in [3.8, 4) is 0 Å². The normalized spacial score (nSPS) is 22.7. The van der Waals surface area contributed by atoms with Crippen LogP contribution in [0.25, 0.3) is 22.1 Å². The first kappa shape index (κ1) is 57.0. The van der Waals surface area contributed by atoms with Gasteiger partial charge in [-0.15, -0.1) is 0 Å². The lowest BCUT2D eigenvalue weighted by molar-refractivity contribution is -0.0727. The van der Waals surface area contributed by atoms with E-state index in [1.807, 2.05) is 37.8 Å². The number of hydrogen-bond acceptors (Lipinski definition) is 17. The van der Waals surface area contributed by atoms with Crippen LogP contribution < -0.4 is 16.0 Å². The van der Waals surface area contributed by atoms with Gasteiger partial charge < -0.3 is 64.5 Å². The number of aliphatic hydroxyl groups excluding tert-OH is 2. The first-order chi connectivity index (χ1) is 39.8. The maximum atomic E-state index is 13.4. The summed E-state index contributed by atoms with van der Waals surface area (Å²) in [4.78, 5) is 101. The van der Waals surface area contributed by atoms with Crippen LogP contribution in [0.4, 0.5) is 28.3 Å². The molecule has 440 valence electrons. The van der Waals surface area contributed by atoms with Gasteiger partial charge in [-0.25, -0.2) is 24.7 Å². The highest BCUT2D eigenvalue weighted by atomic mass is 16.6. The van der Waals surface area contributed by atoms with Crippen LogP contribution in [0.2, 0.25) is 0 Å². The summed E-state index contributed by atoms with van der Waals surface area (Å²) in [6, 6.07) is 11.1. The minimum absolute atomic E-state index is 0.0468. The number of piperidine rings is 4. The van der Waals surface area contributed by atoms with E-state index in [9.17, 15) is 34.2 Å². The van der Waals surface area contributed by atoms with Crippen molar-refractivity contribution in [1.82, 2.24) is 68.9 Å². The highest BCUT2D eigenvalue weighted by Crippen LogP contribution is 2.37. The number of ether oxygens (including phenoxy) is 1. The SMILES string of the molecule is CN(C)C(=O)c1cc2cnc(Nc3ccc(C(=O)N4C[C@H]5CN(C(=O)OC(C)(C)C)C[C@@H](C4)C5O)cn3)nc2n1C1CCCC1.CN(C)C(=O)c1cc2cnc(Nc3ccc(C(=O)N4C[C@H]5CNC[C@@H](C4)C5O)cn3)nc2n1C1CCCC1. The van der Waals surface area contributed by atoms with Crippen LogP contribution in [0.1, 0.15) is 126 Å². The molecule has 0 aromatic carbocycles. The maximum absolute atomic E-state index is 13.4. The van der Waals surface area contributed by atoms with E-state index >= 15 is 0 Å². The molecule has 2 unspecified atom stereocenters. The molecule has 6 aromatic rings. The van der Waals surface area contributed by atoms with Gasteiger partial charge in [-0.1, -0.05) is 25.7 Å². The van der Waals surface area contributed by atoms with E-state index in [-0.39, 0.29) is 65.5 Å². The Morgan fingerprint density at radius 2 is 0.964 bits per heavy atom. The van der Waals surface area contributed by atoms with Gasteiger partial charge in [-0.2, -0.15) is 9.97 Å². The Hall–Kier alpha value is -7.83. The van der Waals surface area contributed by atoms with Gasteiger partial charge in [0.25, 0.3) is 23.6 Å². The maximum Gasteiger partial charge on any atom is 0.410 e. The third kappa shape index (κ3) is 12.0. The summed E-state index contributed by atoms with van der Waals surface area (Å²) in [7, 11) is 7.01. The fourth-order valence-corrected chi connectivity index (χ4v) is 12.9. The zero-order chi connectivity index (χ0) is 58.4. The molecule has 0 radical (unpaired) electrons. The molecule has 4 saturated heterocycles. The third-order valence-corrected chi connectivity index (χ3v) is 17.0. The van der Waals surface area contributed by atoms with Crippen LogP contribution in [0.3, 0.4) is 0 Å². The summed E-state index contributed by atoms with van der Waals surface area (Å²) in [5, 5.41) is 32.5. The average Bonchev–Trinajstić information content (AvgIpc) is 4.21. The topological polar surface area (TPSA) is 275 Å². The van der Waals surface area contributed by atoms with E-state index in [1.165, 1.54) is 6.20 Å². The quantitative estimate of drug-likeness (QED) is 0.110. The van der Waals surface area contributed by atoms with Gasteiger partial charge in [0.15, 0.2) is 0 Å². The summed E-state index contributed by atoms with van der Waals surface area (Å²) in [6.07, 6.45) is 13.8. The predicted molar refractivity (Wildman–Crippen MR) is 310 cm³/mol. The summed E-state index contributed by atoms with van der Waals surface area (Å²) < 4.78 is 9.67. The average molecular weight is 1140 g/mol. The monoisotopic (exact) mass is 1140 g/mol. The molecule has 6 atom stereocenters. The van der Waals surface area contributed by atoms with Crippen molar-refractivity contribution in [1.29, 1.82) is 0 Å². The van der Waals surface area contributed by atoms with Gasteiger partial charge >= 0.3 is 6.09 Å². The number of amides is 5. The van der Waals surface area contributed by atoms with Gasteiger partial charge in [0.05, 0.1) is 23.3 Å². The lowest BCUT2D eigenvalue weighted by Gasteiger charge is -2.48. The Morgan fingerprint density at radius 3 is 1.35 bits per heavy atom. The van der Waals surface area contributed by atoms with Gasteiger partial charge in [-0.3, -0.25) is 19.2 Å². The van der Waals surface area contributed by atoms with Gasteiger partial charge in [0, 0.05) is 152 Å². The summed E-state index contributed by atoms with van der Waals surface area (Å²) >= 11 is 0. The number of aliphatic hydroxyl groups is 2. The number of pyridine rings is 2. The van der Waals surface area contributed by atoms with E-state index in [4.69, 9.17) is 14.7 Å². The molecule has 12 rings (SSSR count). The van der Waals surface area contributed by atoms with Crippen LogP contribution in [0.5, 0.6) is 0 Å². The number of hydrogen-bond donors (Lipinski definition) is 5. The molecule has 83 heavy (non-hydrogen) atoms. The van der Waals surface area contributed by atoms with E-state index in [1.54, 1.807) is 90.6 Å². The fourth-order valence-electron chi connectivity index (χ4n) is 12.9. The van der Waals surface area contributed by atoms with Crippen LogP contribution in [-0.2, 0) is 4.74 Å². The molecule has 6 aromatic heterocycles. The molecular weight excluding hydrogens is 1060 g/mol. The fraction of sp³-hybridized carbons (Fsp3) is 0.542. The van der Waals surface area contributed by atoms with Crippen molar-refractivity contribution in [3.63, 3.8) is 0 Å². The van der Waals surface area contributed by atoms with Crippen LogP contribution >= 0.6 is 0 Å². The second-order valence-corrected chi connectivity index (χ2v) is 24.6. The number of nitrogens with zero attached hydrogens (tertiary/aromatic N) is 13. The number of nitrogens with one attached hydrogen (secondary N) is 3. The number of carbonyl (C=O) groups excluding carboxylic acids is 5. The Bertz CT molecular complexity index is 3350. The first-order valence-electron chi connectivity index (χ1n) is 29.1. The molecular formula is C59H76N16O8. The van der Waals surface area contributed by atoms with Gasteiger partial charge in [0.1, 0.15) is 39.9 Å². The minimum atomic E-state index is -0.603. The lowest BCUT2D eigenvalue weighted by Crippen LogP contribution is -2.62. The second-order valence-electron chi connectivity index (χ2n) is 24.6. The van der Waals surface area contributed by atoms with E-state index in [2.05, 4.69) is 45.0 Å². The molecule has 6 aliphatic rings. The first-order valence-corrected chi connectivity index (χ1v) is 29.1. The van der Waals surface area contributed by atoms with Crippen LogP contribution in [0.15, 0.2) is 61.2 Å². The van der Waals surface area contributed by atoms with E-state index in [0.717, 1.165) is 80.9 Å². The molecule has 4 bridgehead atoms. The molecule has 2 aliphatic carbocycles. The molecule has 2 saturated carbocycles. The van der Waals surface area contributed by atoms with E-state index < -0.39 is 17.8 Å². The van der Waals surface area contributed by atoms with Crippen molar-refractivity contribution in [3.05, 3.63) is 83.7 Å². The molecule has 5 N–H and O–H groups in total. The minimum Gasteiger partial charge on any atom is -0.444 e. The smallest absolute Gasteiger partial charge is 0.410 e. The summed E-state index contributed by atoms with van der Waals surface area (Å²) in [5.41, 5.74) is 3.02. The van der Waals surface area contributed by atoms with Gasteiger partial charge in [0.2, 0.25) is 11.9 Å². The Labute approximate surface area is 482 Å². The third-order valence-electron chi connectivity index (χ3n) is 17.0. The van der Waals surface area contributed by atoms with Crippen molar-refractivity contribution < 1.29 is 38.9 Å². The highest BCUT2D eigenvalue weighted by molar-refractivity contribution is 5.99. The zero-order valence-electron chi connectivity index (χ0n) is 48.4. The Balaban J connectivity index is 0.000000176. The molecule has 4 aliphatic heterocycles. The van der Waals surface area contributed by atoms with Crippen molar-refractivity contribution in [2.75, 3.05) is 91.2 Å². The van der Waals surface area contributed by atoms with Crippen molar-refractivity contribution in [2.45, 2.75) is 102 Å². The number of likely N-dealkylation sites (tertiary alicyclic amines) is 3. The number of carbonyl (C=O) groups is 5. The Morgan fingerprint density at radius 1 is 0.566 bits per heavy atom. The number of rotatable bonds is 10. The standard InChI is InChI=1S/C32H42N8O5.C27H34N8O3/c1-32(2,3)45-31(44)39-17-21-15-38(16-22(18-39)26(21)41)28(42)19-10-11-25(33-13-19)35-30-34-14-20-12-24(29(43)37(4)5)40(27(20)36-30)23-8-6-7-9-23;1-33(2)26(38)21-9-17-13-30-27(32-24(17)35(21)20-5-3-4-6-20)31-22-8-7-16(12-29-22)25(37)34-14-18-10-28-11-19(15-34)23(18)36/h10-14,21-23,26,41H,6-9,15-18H2,1-5H3,(H,33,34,35,36);7-9,12-13,18-20,23,28,36H,3-6,10-11,14-15H2,1-2H3,(H,29,30,31,32)/t21-,22+,26?;18-,19+,23?. The molecule has 6 fully saturated rings. The largest absolute Gasteiger partial charge is 0.444 e. The molecule has 24 nitrogen and oxygen atoms in total. The number of aromatic nitrogens is 8. The van der Waals surface area contributed by atoms with Crippen LogP contribution in [-0.4, -0.2) is 202 Å². The number of anilines is 4. The predicted octanol–water partition coefficient (Wildman–Crippen LogP) is 5.73. The highest BCUT2D eigenvalue weighted by Gasteiger charge is 2.45. The van der Waals surface area contributed by atoms with E-state index in [0.29, 0.717) is 91.0 Å².